The number of aliphatic hydroxyl groups excluding tert-OH is 1. The number of hydrogen-bond donors (Lipinski definition) is 1. The van der Waals surface area contributed by atoms with E-state index in [1.54, 1.807) is 13.0 Å². The van der Waals surface area contributed by atoms with E-state index < -0.39 is 6.36 Å². The van der Waals surface area contributed by atoms with E-state index in [-0.39, 0.29) is 18.3 Å². The zero-order valence-electron chi connectivity index (χ0n) is 10.9. The van der Waals surface area contributed by atoms with Crippen LogP contribution in [0.25, 0.3) is 0 Å². The molecule has 0 fully saturated rings. The van der Waals surface area contributed by atoms with Gasteiger partial charge in [0.25, 0.3) is 0 Å². The molecule has 0 heterocycles. The van der Waals surface area contributed by atoms with Gasteiger partial charge in [-0.15, -0.1) is 13.2 Å². The Morgan fingerprint density at radius 2 is 2.10 bits per heavy atom. The molecule has 0 aliphatic rings. The molecule has 0 aromatic heterocycles. The number of nitrogens with zero attached hydrogens (tertiary/aromatic N) is 1. The Bertz CT molecular complexity index is 510. The molecule has 0 spiro atoms. The van der Waals surface area contributed by atoms with Gasteiger partial charge < -0.3 is 14.6 Å². The second-order valence-electron chi connectivity index (χ2n) is 3.63. The minimum atomic E-state index is -4.76. The van der Waals surface area contributed by atoms with Crippen LogP contribution >= 0.6 is 0 Å². The van der Waals surface area contributed by atoms with Crippen molar-refractivity contribution in [2.75, 3.05) is 13.7 Å². The summed E-state index contributed by atoms with van der Waals surface area (Å²) in [5, 5.41) is 9.02. The van der Waals surface area contributed by atoms with Crippen LogP contribution in [-0.2, 0) is 4.74 Å². The maximum absolute atomic E-state index is 12.1. The summed E-state index contributed by atoms with van der Waals surface area (Å²) >= 11 is 0. The van der Waals surface area contributed by atoms with E-state index in [1.165, 1.54) is 25.3 Å². The molecule has 110 valence electrons. The van der Waals surface area contributed by atoms with Gasteiger partial charge in [-0.05, 0) is 25.1 Å². The Morgan fingerprint density at radius 3 is 2.60 bits per heavy atom. The van der Waals surface area contributed by atoms with Gasteiger partial charge in [0.15, 0.2) is 0 Å². The van der Waals surface area contributed by atoms with E-state index in [2.05, 4.69) is 9.73 Å². The quantitative estimate of drug-likeness (QED) is 0.685. The Balaban J connectivity index is 3.08. The summed E-state index contributed by atoms with van der Waals surface area (Å²) < 4.78 is 45.3. The first kappa shape index (κ1) is 16.0. The van der Waals surface area contributed by atoms with Crippen LogP contribution in [0, 0.1) is 0 Å². The minimum absolute atomic E-state index is 0.0831. The molecule has 1 aromatic carbocycles. The summed E-state index contributed by atoms with van der Waals surface area (Å²) in [7, 11) is 1.33. The number of aliphatic imine (C=N–C) groups is 1. The summed E-state index contributed by atoms with van der Waals surface area (Å²) in [6.45, 7) is 1.37. The van der Waals surface area contributed by atoms with Crippen LogP contribution in [0.3, 0.4) is 0 Å². The summed E-state index contributed by atoms with van der Waals surface area (Å²) in [5.74, 6) is -0.287. The predicted molar refractivity (Wildman–Crippen MR) is 67.5 cm³/mol. The van der Waals surface area contributed by atoms with Crippen LogP contribution in [0.15, 0.2) is 41.0 Å². The van der Waals surface area contributed by atoms with Gasteiger partial charge in [-0.25, -0.2) is 4.99 Å². The van der Waals surface area contributed by atoms with Crippen molar-refractivity contribution in [2.24, 2.45) is 4.99 Å². The van der Waals surface area contributed by atoms with E-state index in [0.717, 1.165) is 6.07 Å². The summed E-state index contributed by atoms with van der Waals surface area (Å²) in [4.78, 5) is 4.01. The minimum Gasteiger partial charge on any atom is -0.481 e. The zero-order valence-corrected chi connectivity index (χ0v) is 10.9. The van der Waals surface area contributed by atoms with Gasteiger partial charge in [0.2, 0.25) is 5.90 Å². The van der Waals surface area contributed by atoms with Crippen LogP contribution in [0.5, 0.6) is 5.75 Å². The third kappa shape index (κ3) is 4.93. The Kier molecular flexibility index (Phi) is 5.57. The number of allylic oxidation sites excluding steroid dienone is 1. The van der Waals surface area contributed by atoms with Crippen molar-refractivity contribution in [3.8, 4) is 5.75 Å². The van der Waals surface area contributed by atoms with Crippen molar-refractivity contribution in [3.05, 3.63) is 41.6 Å². The maximum Gasteiger partial charge on any atom is 0.573 e. The summed E-state index contributed by atoms with van der Waals surface area (Å²) in [6, 6.07) is 5.24. The van der Waals surface area contributed by atoms with Gasteiger partial charge in [0, 0.05) is 5.56 Å². The third-order valence-electron chi connectivity index (χ3n) is 2.25. The standard InChI is InChI=1S/C13H14F3NO3/c1-3-10(8-18)17-12(19-2)9-5-4-6-11(7-9)20-13(14,15)16/h3-7,18H,8H2,1-2H3/b10-3+,17-12?. The molecule has 1 N–H and O–H groups in total. The molecule has 7 heteroatoms. The first-order valence-corrected chi connectivity index (χ1v) is 5.64. The van der Waals surface area contributed by atoms with Crippen molar-refractivity contribution >= 4 is 5.90 Å². The largest absolute Gasteiger partial charge is 0.573 e. The molecule has 0 unspecified atom stereocenters. The molecule has 1 aromatic rings. The summed E-state index contributed by atoms with van der Waals surface area (Å²) in [5.41, 5.74) is 0.644. The normalized spacial score (nSPS) is 13.3. The average molecular weight is 289 g/mol. The van der Waals surface area contributed by atoms with Crippen molar-refractivity contribution in [1.29, 1.82) is 0 Å². The van der Waals surface area contributed by atoms with E-state index in [0.29, 0.717) is 11.3 Å². The first-order chi connectivity index (χ1) is 9.39. The summed E-state index contributed by atoms with van der Waals surface area (Å²) in [6.07, 6.45) is -3.20. The van der Waals surface area contributed by atoms with Gasteiger partial charge in [0.05, 0.1) is 19.4 Å². The number of rotatable bonds is 4. The number of ether oxygens (including phenoxy) is 2. The molecule has 1 rings (SSSR count). The average Bonchev–Trinajstić information content (AvgIpc) is 2.38. The molecule has 0 saturated heterocycles. The number of hydrogen-bond acceptors (Lipinski definition) is 4. The molecule has 20 heavy (non-hydrogen) atoms. The van der Waals surface area contributed by atoms with Crippen LogP contribution < -0.4 is 4.74 Å². The Labute approximate surface area is 114 Å². The number of alkyl halides is 3. The Morgan fingerprint density at radius 1 is 1.40 bits per heavy atom. The van der Waals surface area contributed by atoms with Crippen LogP contribution in [0.4, 0.5) is 13.2 Å². The number of methoxy groups -OCH3 is 1. The molecule has 0 saturated carbocycles. The topological polar surface area (TPSA) is 51.1 Å². The number of aliphatic hydroxyl groups is 1. The van der Waals surface area contributed by atoms with E-state index in [9.17, 15) is 13.2 Å². The second-order valence-corrected chi connectivity index (χ2v) is 3.63. The molecular formula is C13H14F3NO3. The van der Waals surface area contributed by atoms with Crippen molar-refractivity contribution < 1.29 is 27.8 Å². The highest BCUT2D eigenvalue weighted by Crippen LogP contribution is 2.23. The Hall–Kier alpha value is -2.02. The molecule has 0 aliphatic heterocycles. The van der Waals surface area contributed by atoms with Crippen LogP contribution in [0.2, 0.25) is 0 Å². The van der Waals surface area contributed by atoms with E-state index in [1.807, 2.05) is 0 Å². The van der Waals surface area contributed by atoms with Gasteiger partial charge in [0.1, 0.15) is 5.75 Å². The highest BCUT2D eigenvalue weighted by atomic mass is 19.4. The monoisotopic (exact) mass is 289 g/mol. The lowest BCUT2D eigenvalue weighted by atomic mass is 10.2. The van der Waals surface area contributed by atoms with Gasteiger partial charge in [-0.2, -0.15) is 0 Å². The number of halogens is 3. The number of benzene rings is 1. The van der Waals surface area contributed by atoms with Gasteiger partial charge in [-0.1, -0.05) is 12.1 Å². The van der Waals surface area contributed by atoms with Gasteiger partial charge in [-0.3, -0.25) is 0 Å². The first-order valence-electron chi connectivity index (χ1n) is 5.64. The van der Waals surface area contributed by atoms with Gasteiger partial charge >= 0.3 is 6.36 Å². The van der Waals surface area contributed by atoms with Crippen molar-refractivity contribution in [1.82, 2.24) is 0 Å². The predicted octanol–water partition coefficient (Wildman–Crippen LogP) is 2.87. The fourth-order valence-corrected chi connectivity index (χ4v) is 1.38. The second kappa shape index (κ2) is 6.95. The molecule has 0 amide bonds. The fraction of sp³-hybridized carbons (Fsp3) is 0.308. The van der Waals surface area contributed by atoms with Crippen LogP contribution in [0.1, 0.15) is 12.5 Å². The van der Waals surface area contributed by atoms with Crippen molar-refractivity contribution in [2.45, 2.75) is 13.3 Å². The highest BCUT2D eigenvalue weighted by Gasteiger charge is 2.31. The zero-order chi connectivity index (χ0) is 15.2. The lowest BCUT2D eigenvalue weighted by Crippen LogP contribution is -2.17. The van der Waals surface area contributed by atoms with Crippen molar-refractivity contribution in [3.63, 3.8) is 0 Å². The third-order valence-corrected chi connectivity index (χ3v) is 2.25. The molecule has 0 radical (unpaired) electrons. The molecule has 0 atom stereocenters. The molecular weight excluding hydrogens is 275 g/mol. The lowest BCUT2D eigenvalue weighted by Gasteiger charge is -2.11. The maximum atomic E-state index is 12.1. The molecule has 0 aliphatic carbocycles. The SMILES string of the molecule is C/C=C(\CO)N=C(OC)c1cccc(OC(F)(F)F)c1. The van der Waals surface area contributed by atoms with E-state index >= 15 is 0 Å². The smallest absolute Gasteiger partial charge is 0.481 e. The highest BCUT2D eigenvalue weighted by molar-refractivity contribution is 5.95. The molecule has 0 bridgehead atoms. The van der Waals surface area contributed by atoms with E-state index in [4.69, 9.17) is 9.84 Å². The fourth-order valence-electron chi connectivity index (χ4n) is 1.38. The van der Waals surface area contributed by atoms with Crippen LogP contribution in [-0.4, -0.2) is 31.1 Å². The lowest BCUT2D eigenvalue weighted by molar-refractivity contribution is -0.274. The molecule has 4 nitrogen and oxygen atoms in total.